The number of urea groups is 1. The lowest BCUT2D eigenvalue weighted by Crippen LogP contribution is -2.32. The number of rotatable bonds is 4. The number of hydrogen-bond donors (Lipinski definition) is 1. The summed E-state index contributed by atoms with van der Waals surface area (Å²) < 4.78 is 43.3. The summed E-state index contributed by atoms with van der Waals surface area (Å²) in [4.78, 5) is 26.6. The molecule has 0 aromatic heterocycles. The molecule has 1 heterocycles. The molecule has 1 aliphatic heterocycles. The number of nitrogens with zero attached hydrogens (tertiary/aromatic N) is 2. The SMILES string of the molecule is COc1ccc(C(=O)O)cc1N1CCN(c2ccc(C(F)(F)F)cc2)C1=O. The predicted octanol–water partition coefficient (Wildman–Crippen LogP) is 3.86. The summed E-state index contributed by atoms with van der Waals surface area (Å²) in [5, 5.41) is 9.16. The number of alkyl halides is 3. The van der Waals surface area contributed by atoms with Crippen molar-refractivity contribution in [2.24, 2.45) is 0 Å². The van der Waals surface area contributed by atoms with E-state index in [4.69, 9.17) is 9.84 Å². The number of carbonyl (C=O) groups is 2. The lowest BCUT2D eigenvalue weighted by molar-refractivity contribution is -0.137. The van der Waals surface area contributed by atoms with Crippen LogP contribution in [0, 0.1) is 0 Å². The minimum absolute atomic E-state index is 0.00780. The third-order valence-electron chi connectivity index (χ3n) is 4.23. The number of carboxylic acid groups (broad SMARTS) is 1. The summed E-state index contributed by atoms with van der Waals surface area (Å²) in [6, 6.07) is 7.95. The van der Waals surface area contributed by atoms with E-state index < -0.39 is 23.7 Å². The standard InChI is InChI=1S/C18H15F3N2O4/c1-27-15-7-2-11(16(24)25)10-14(15)23-9-8-22(17(23)26)13-5-3-12(4-6-13)18(19,20)21/h2-7,10H,8-9H2,1H3,(H,24,25). The maximum Gasteiger partial charge on any atom is 0.416 e. The van der Waals surface area contributed by atoms with E-state index in [1.165, 1.54) is 47.2 Å². The van der Waals surface area contributed by atoms with Crippen molar-refractivity contribution >= 4 is 23.4 Å². The normalized spacial score (nSPS) is 14.6. The van der Waals surface area contributed by atoms with Gasteiger partial charge in [-0.2, -0.15) is 13.2 Å². The van der Waals surface area contributed by atoms with Crippen molar-refractivity contribution < 1.29 is 32.6 Å². The number of carboxylic acids is 1. The fourth-order valence-corrected chi connectivity index (χ4v) is 2.86. The van der Waals surface area contributed by atoms with Gasteiger partial charge in [0.05, 0.1) is 23.9 Å². The maximum atomic E-state index is 12.8. The Morgan fingerprint density at radius 3 is 2.26 bits per heavy atom. The molecule has 1 N–H and O–H groups in total. The second kappa shape index (κ2) is 6.82. The van der Waals surface area contributed by atoms with Crippen LogP contribution in [0.4, 0.5) is 29.3 Å². The number of anilines is 2. The molecule has 0 atom stereocenters. The number of carbonyl (C=O) groups excluding carboxylic acids is 1. The average Bonchev–Trinajstić information content (AvgIpc) is 3.01. The van der Waals surface area contributed by atoms with Gasteiger partial charge in [-0.15, -0.1) is 0 Å². The lowest BCUT2D eigenvalue weighted by atomic mass is 10.1. The van der Waals surface area contributed by atoms with E-state index in [-0.39, 0.29) is 24.3 Å². The number of benzene rings is 2. The molecule has 0 spiro atoms. The van der Waals surface area contributed by atoms with Gasteiger partial charge in [0, 0.05) is 18.8 Å². The molecule has 0 bridgehead atoms. The molecule has 1 saturated heterocycles. The molecule has 9 heteroatoms. The number of amides is 2. The average molecular weight is 380 g/mol. The monoisotopic (exact) mass is 380 g/mol. The van der Waals surface area contributed by atoms with Crippen LogP contribution in [0.2, 0.25) is 0 Å². The zero-order valence-electron chi connectivity index (χ0n) is 14.2. The predicted molar refractivity (Wildman–Crippen MR) is 91.5 cm³/mol. The van der Waals surface area contributed by atoms with Crippen molar-refractivity contribution in [1.82, 2.24) is 0 Å². The van der Waals surface area contributed by atoms with Crippen LogP contribution in [0.5, 0.6) is 5.75 Å². The Morgan fingerprint density at radius 2 is 1.70 bits per heavy atom. The third kappa shape index (κ3) is 3.53. The molecular weight excluding hydrogens is 365 g/mol. The Bertz CT molecular complexity index is 881. The molecule has 3 rings (SSSR count). The van der Waals surface area contributed by atoms with Crippen LogP contribution in [-0.2, 0) is 6.18 Å². The second-order valence-electron chi connectivity index (χ2n) is 5.82. The maximum absolute atomic E-state index is 12.8. The van der Waals surface area contributed by atoms with Gasteiger partial charge >= 0.3 is 18.2 Å². The zero-order valence-corrected chi connectivity index (χ0v) is 14.2. The minimum atomic E-state index is -4.45. The first kappa shape index (κ1) is 18.6. The van der Waals surface area contributed by atoms with Gasteiger partial charge in [0.25, 0.3) is 0 Å². The topological polar surface area (TPSA) is 70.1 Å². The fraction of sp³-hybridized carbons (Fsp3) is 0.222. The van der Waals surface area contributed by atoms with E-state index in [0.717, 1.165) is 12.1 Å². The van der Waals surface area contributed by atoms with Crippen LogP contribution in [0.1, 0.15) is 15.9 Å². The molecule has 27 heavy (non-hydrogen) atoms. The summed E-state index contributed by atoms with van der Waals surface area (Å²) in [7, 11) is 1.40. The van der Waals surface area contributed by atoms with Crippen molar-refractivity contribution in [3.05, 3.63) is 53.6 Å². The molecule has 0 unspecified atom stereocenters. The van der Waals surface area contributed by atoms with Crippen molar-refractivity contribution in [2.75, 3.05) is 30.0 Å². The zero-order chi connectivity index (χ0) is 19.8. The smallest absolute Gasteiger partial charge is 0.416 e. The van der Waals surface area contributed by atoms with Gasteiger partial charge in [-0.05, 0) is 42.5 Å². The minimum Gasteiger partial charge on any atom is -0.495 e. The van der Waals surface area contributed by atoms with Crippen LogP contribution in [0.15, 0.2) is 42.5 Å². The number of halogens is 3. The van der Waals surface area contributed by atoms with E-state index in [9.17, 15) is 22.8 Å². The second-order valence-corrected chi connectivity index (χ2v) is 5.82. The summed E-state index contributed by atoms with van der Waals surface area (Å²) in [5.41, 5.74) is -0.196. The Morgan fingerprint density at radius 1 is 1.07 bits per heavy atom. The largest absolute Gasteiger partial charge is 0.495 e. The lowest BCUT2D eigenvalue weighted by Gasteiger charge is -2.21. The van der Waals surface area contributed by atoms with E-state index in [1.807, 2.05) is 0 Å². The van der Waals surface area contributed by atoms with Gasteiger partial charge in [-0.25, -0.2) is 9.59 Å². The summed E-state index contributed by atoms with van der Waals surface area (Å²) in [5.74, 6) is -0.826. The number of ether oxygens (including phenoxy) is 1. The molecule has 1 fully saturated rings. The highest BCUT2D eigenvalue weighted by atomic mass is 19.4. The van der Waals surface area contributed by atoms with Gasteiger partial charge in [0.15, 0.2) is 0 Å². The first-order valence-electron chi connectivity index (χ1n) is 7.90. The van der Waals surface area contributed by atoms with Crippen LogP contribution < -0.4 is 14.5 Å². The van der Waals surface area contributed by atoms with Gasteiger partial charge < -0.3 is 9.84 Å². The number of methoxy groups -OCH3 is 1. The number of hydrogen-bond acceptors (Lipinski definition) is 3. The van der Waals surface area contributed by atoms with Gasteiger partial charge in [-0.1, -0.05) is 0 Å². The molecule has 2 aromatic rings. The van der Waals surface area contributed by atoms with Crippen LogP contribution in [-0.4, -0.2) is 37.3 Å². The Labute approximate surface area is 152 Å². The van der Waals surface area contributed by atoms with Gasteiger partial charge in [-0.3, -0.25) is 9.80 Å². The van der Waals surface area contributed by atoms with Crippen LogP contribution in [0.25, 0.3) is 0 Å². The Balaban J connectivity index is 1.89. The van der Waals surface area contributed by atoms with E-state index in [1.54, 1.807) is 0 Å². The molecule has 0 radical (unpaired) electrons. The van der Waals surface area contributed by atoms with Crippen molar-refractivity contribution in [3.8, 4) is 5.75 Å². The molecule has 0 saturated carbocycles. The molecule has 1 aliphatic rings. The molecule has 2 aromatic carbocycles. The first-order valence-corrected chi connectivity index (χ1v) is 7.90. The van der Waals surface area contributed by atoms with E-state index in [2.05, 4.69) is 0 Å². The van der Waals surface area contributed by atoms with Gasteiger partial charge in [0.1, 0.15) is 5.75 Å². The molecule has 6 nitrogen and oxygen atoms in total. The summed E-state index contributed by atoms with van der Waals surface area (Å²) in [6.45, 7) is 0.476. The molecule has 0 aliphatic carbocycles. The third-order valence-corrected chi connectivity index (χ3v) is 4.23. The van der Waals surface area contributed by atoms with E-state index >= 15 is 0 Å². The highest BCUT2D eigenvalue weighted by molar-refractivity contribution is 6.07. The van der Waals surface area contributed by atoms with Crippen molar-refractivity contribution in [3.63, 3.8) is 0 Å². The fourth-order valence-electron chi connectivity index (χ4n) is 2.86. The number of aromatic carboxylic acids is 1. The van der Waals surface area contributed by atoms with Crippen molar-refractivity contribution in [1.29, 1.82) is 0 Å². The van der Waals surface area contributed by atoms with Crippen LogP contribution >= 0.6 is 0 Å². The van der Waals surface area contributed by atoms with Gasteiger partial charge in [0.2, 0.25) is 0 Å². The summed E-state index contributed by atoms with van der Waals surface area (Å²) >= 11 is 0. The van der Waals surface area contributed by atoms with Crippen LogP contribution in [0.3, 0.4) is 0 Å². The first-order chi connectivity index (χ1) is 12.7. The molecular formula is C18H15F3N2O4. The quantitative estimate of drug-likeness (QED) is 0.875. The Hall–Kier alpha value is -3.23. The van der Waals surface area contributed by atoms with E-state index in [0.29, 0.717) is 11.4 Å². The highest BCUT2D eigenvalue weighted by Gasteiger charge is 2.34. The molecule has 2 amide bonds. The molecule has 142 valence electrons. The highest BCUT2D eigenvalue weighted by Crippen LogP contribution is 2.35. The Kier molecular flexibility index (Phi) is 4.69. The van der Waals surface area contributed by atoms with Crippen molar-refractivity contribution in [2.45, 2.75) is 6.18 Å². The summed E-state index contributed by atoms with van der Waals surface area (Å²) in [6.07, 6.45) is -4.45.